The molecule has 4 aromatic carbocycles. The Morgan fingerprint density at radius 2 is 1.32 bits per heavy atom. The van der Waals surface area contributed by atoms with Crippen LogP contribution in [0, 0.1) is 0 Å². The number of nitrogen functional groups attached to an aromatic ring is 1. The predicted molar refractivity (Wildman–Crippen MR) is 110 cm³/mol. The maximum atomic E-state index is 13.0. The zero-order chi connectivity index (χ0) is 19.5. The number of esters is 1. The molecule has 0 radical (unpaired) electrons. The van der Waals surface area contributed by atoms with E-state index in [0.717, 1.165) is 5.39 Å². The van der Waals surface area contributed by atoms with E-state index < -0.39 is 5.97 Å². The first-order valence-corrected chi connectivity index (χ1v) is 8.83. The van der Waals surface area contributed by atoms with Gasteiger partial charge >= 0.3 is 5.97 Å². The molecule has 0 unspecified atom stereocenters. The number of fused-ring (bicyclic) bond motifs is 1. The van der Waals surface area contributed by atoms with Crippen LogP contribution in [0.5, 0.6) is 5.75 Å². The highest BCUT2D eigenvalue weighted by Crippen LogP contribution is 2.30. The zero-order valence-corrected chi connectivity index (χ0v) is 15.0. The third-order valence-corrected chi connectivity index (χ3v) is 4.51. The average molecular weight is 367 g/mol. The number of ether oxygens (including phenoxy) is 1. The van der Waals surface area contributed by atoms with Crippen molar-refractivity contribution in [1.29, 1.82) is 0 Å². The summed E-state index contributed by atoms with van der Waals surface area (Å²) in [5, 5.41) is 1.43. The van der Waals surface area contributed by atoms with Gasteiger partial charge in [-0.15, -0.1) is 0 Å². The second kappa shape index (κ2) is 7.37. The Bertz CT molecular complexity index is 1170. The fourth-order valence-electron chi connectivity index (χ4n) is 3.09. The minimum Gasteiger partial charge on any atom is -0.422 e. The molecule has 4 nitrogen and oxygen atoms in total. The number of carbonyl (C=O) groups excluding carboxylic acids is 2. The smallest absolute Gasteiger partial charge is 0.343 e. The molecule has 0 saturated heterocycles. The molecule has 136 valence electrons. The normalized spacial score (nSPS) is 10.6. The second-order valence-corrected chi connectivity index (χ2v) is 6.36. The molecular formula is C24H17NO3. The summed E-state index contributed by atoms with van der Waals surface area (Å²) in [4.78, 5) is 25.4. The number of ketones is 1. The molecule has 0 aromatic heterocycles. The summed E-state index contributed by atoms with van der Waals surface area (Å²) in [6.07, 6.45) is 0. The monoisotopic (exact) mass is 367 g/mol. The Labute approximate surface area is 162 Å². The largest absolute Gasteiger partial charge is 0.422 e. The summed E-state index contributed by atoms with van der Waals surface area (Å²) < 4.78 is 5.60. The van der Waals surface area contributed by atoms with E-state index in [1.165, 1.54) is 0 Å². The van der Waals surface area contributed by atoms with Crippen molar-refractivity contribution in [2.75, 3.05) is 5.73 Å². The van der Waals surface area contributed by atoms with E-state index in [0.29, 0.717) is 33.5 Å². The summed E-state index contributed by atoms with van der Waals surface area (Å²) in [6, 6.07) is 26.3. The van der Waals surface area contributed by atoms with Crippen molar-refractivity contribution in [2.45, 2.75) is 0 Å². The third-order valence-electron chi connectivity index (χ3n) is 4.51. The van der Waals surface area contributed by atoms with Gasteiger partial charge in [-0.05, 0) is 47.9 Å². The molecular weight excluding hydrogens is 350 g/mol. The number of hydrogen-bond acceptors (Lipinski definition) is 4. The van der Waals surface area contributed by atoms with Gasteiger partial charge in [-0.1, -0.05) is 48.5 Å². The maximum absolute atomic E-state index is 13.0. The van der Waals surface area contributed by atoms with Gasteiger partial charge in [-0.25, -0.2) is 4.79 Å². The summed E-state index contributed by atoms with van der Waals surface area (Å²) in [6.45, 7) is 0. The van der Waals surface area contributed by atoms with Crippen LogP contribution in [0.15, 0.2) is 91.0 Å². The Morgan fingerprint density at radius 3 is 2.07 bits per heavy atom. The van der Waals surface area contributed by atoms with Crippen LogP contribution in [0.25, 0.3) is 10.8 Å². The van der Waals surface area contributed by atoms with Gasteiger partial charge in [0.1, 0.15) is 5.75 Å². The molecule has 0 fully saturated rings. The molecule has 2 N–H and O–H groups in total. The first-order chi connectivity index (χ1) is 13.6. The minimum absolute atomic E-state index is 0.114. The molecule has 28 heavy (non-hydrogen) atoms. The Hall–Kier alpha value is -3.92. The molecule has 0 aliphatic rings. The lowest BCUT2D eigenvalue weighted by Crippen LogP contribution is -2.09. The van der Waals surface area contributed by atoms with Crippen LogP contribution in [-0.2, 0) is 0 Å². The minimum atomic E-state index is -0.441. The number of nitrogens with two attached hydrogens (primary N) is 1. The summed E-state index contributed by atoms with van der Waals surface area (Å²) in [5.74, 6) is -0.140. The van der Waals surface area contributed by atoms with Gasteiger partial charge in [0.15, 0.2) is 5.78 Å². The van der Waals surface area contributed by atoms with Crippen LogP contribution >= 0.6 is 0 Å². The molecule has 4 aromatic rings. The van der Waals surface area contributed by atoms with E-state index in [4.69, 9.17) is 10.5 Å². The number of benzene rings is 4. The lowest BCUT2D eigenvalue weighted by Gasteiger charge is -2.11. The highest BCUT2D eigenvalue weighted by Gasteiger charge is 2.16. The first kappa shape index (κ1) is 17.5. The maximum Gasteiger partial charge on any atom is 0.343 e. The Morgan fingerprint density at radius 1 is 0.643 bits per heavy atom. The lowest BCUT2D eigenvalue weighted by molar-refractivity contribution is 0.0737. The van der Waals surface area contributed by atoms with Crippen LogP contribution in [0.4, 0.5) is 5.69 Å². The van der Waals surface area contributed by atoms with Gasteiger partial charge in [0.25, 0.3) is 0 Å². The van der Waals surface area contributed by atoms with Crippen LogP contribution in [-0.4, -0.2) is 11.8 Å². The van der Waals surface area contributed by atoms with Crippen LogP contribution in [0.2, 0.25) is 0 Å². The van der Waals surface area contributed by atoms with Crippen LogP contribution < -0.4 is 10.5 Å². The molecule has 4 rings (SSSR count). The molecule has 0 heterocycles. The van der Waals surface area contributed by atoms with Crippen molar-refractivity contribution in [2.24, 2.45) is 0 Å². The molecule has 0 aliphatic heterocycles. The topological polar surface area (TPSA) is 69.4 Å². The highest BCUT2D eigenvalue weighted by atomic mass is 16.5. The van der Waals surface area contributed by atoms with Gasteiger partial charge in [0, 0.05) is 22.2 Å². The molecule has 4 heteroatoms. The molecule has 0 amide bonds. The number of rotatable bonds is 4. The third kappa shape index (κ3) is 3.35. The van der Waals surface area contributed by atoms with Crippen molar-refractivity contribution < 1.29 is 14.3 Å². The second-order valence-electron chi connectivity index (χ2n) is 6.36. The molecule has 0 aliphatic carbocycles. The fraction of sp³-hybridized carbons (Fsp3) is 0. The van der Waals surface area contributed by atoms with E-state index in [1.54, 1.807) is 72.8 Å². The standard InChI is InChI=1S/C24H17NO3/c25-18-14-12-16(13-15-18)23(26)21-10-4-9-20-19(21)8-5-11-22(20)28-24(27)17-6-2-1-3-7-17/h1-15H,25H2. The van der Waals surface area contributed by atoms with Gasteiger partial charge in [-0.3, -0.25) is 4.79 Å². The highest BCUT2D eigenvalue weighted by molar-refractivity contribution is 6.17. The Balaban J connectivity index is 1.73. The number of carbonyl (C=O) groups is 2. The van der Waals surface area contributed by atoms with E-state index >= 15 is 0 Å². The SMILES string of the molecule is Nc1ccc(C(=O)c2cccc3c(OC(=O)c4ccccc4)cccc23)cc1. The Kier molecular flexibility index (Phi) is 4.60. The van der Waals surface area contributed by atoms with E-state index in [-0.39, 0.29) is 5.78 Å². The lowest BCUT2D eigenvalue weighted by atomic mass is 9.97. The van der Waals surface area contributed by atoms with Gasteiger partial charge in [0.2, 0.25) is 0 Å². The zero-order valence-electron chi connectivity index (χ0n) is 15.0. The number of hydrogen-bond donors (Lipinski definition) is 1. The van der Waals surface area contributed by atoms with Crippen molar-refractivity contribution in [1.82, 2.24) is 0 Å². The molecule has 0 bridgehead atoms. The van der Waals surface area contributed by atoms with E-state index in [9.17, 15) is 9.59 Å². The van der Waals surface area contributed by atoms with Crippen LogP contribution in [0.3, 0.4) is 0 Å². The van der Waals surface area contributed by atoms with E-state index in [2.05, 4.69) is 0 Å². The van der Waals surface area contributed by atoms with Gasteiger partial charge in [0.05, 0.1) is 5.56 Å². The van der Waals surface area contributed by atoms with Gasteiger partial charge < -0.3 is 10.5 Å². The number of anilines is 1. The summed E-state index contributed by atoms with van der Waals surface area (Å²) >= 11 is 0. The van der Waals surface area contributed by atoms with Crippen molar-refractivity contribution in [3.8, 4) is 5.75 Å². The van der Waals surface area contributed by atoms with E-state index in [1.807, 2.05) is 18.2 Å². The fourth-order valence-corrected chi connectivity index (χ4v) is 3.09. The average Bonchev–Trinajstić information content (AvgIpc) is 2.74. The molecule has 0 saturated carbocycles. The van der Waals surface area contributed by atoms with Crippen molar-refractivity contribution >= 4 is 28.2 Å². The van der Waals surface area contributed by atoms with Crippen LogP contribution in [0.1, 0.15) is 26.3 Å². The quantitative estimate of drug-likeness (QED) is 0.242. The molecule has 0 atom stereocenters. The van der Waals surface area contributed by atoms with Crippen molar-refractivity contribution in [3.63, 3.8) is 0 Å². The summed E-state index contributed by atoms with van der Waals surface area (Å²) in [7, 11) is 0. The van der Waals surface area contributed by atoms with Gasteiger partial charge in [-0.2, -0.15) is 0 Å². The van der Waals surface area contributed by atoms with Crippen molar-refractivity contribution in [3.05, 3.63) is 108 Å². The summed E-state index contributed by atoms with van der Waals surface area (Å²) in [5.41, 5.74) is 7.87. The predicted octanol–water partition coefficient (Wildman–Crippen LogP) is 4.87. The molecule has 0 spiro atoms. The first-order valence-electron chi connectivity index (χ1n) is 8.83.